The number of imide groups is 1. The Hall–Kier alpha value is -2.28. The van der Waals surface area contributed by atoms with Crippen molar-refractivity contribution in [1.82, 2.24) is 15.5 Å². The van der Waals surface area contributed by atoms with Crippen LogP contribution in [0.25, 0.3) is 0 Å². The standard InChI is InChI=1S/C21H31N3O4/c1-15(2)8-9-22-21(26)23-20(25)14-24-10-3-5-17(24)16-6-7-18-19(13-16)28-12-4-11-27-18/h6-7,13,15,17H,3-5,8-12,14H2,1-2H3,(H2,22,23,25,26)/t17-/m0/s1. The maximum absolute atomic E-state index is 12.3. The predicted molar refractivity (Wildman–Crippen MR) is 107 cm³/mol. The number of hydrogen-bond donors (Lipinski definition) is 2. The maximum atomic E-state index is 12.3. The van der Waals surface area contributed by atoms with E-state index in [9.17, 15) is 9.59 Å². The number of carbonyl (C=O) groups is 2. The molecule has 2 heterocycles. The van der Waals surface area contributed by atoms with E-state index in [2.05, 4.69) is 29.4 Å². The Morgan fingerprint density at radius 2 is 1.96 bits per heavy atom. The highest BCUT2D eigenvalue weighted by molar-refractivity contribution is 5.95. The largest absolute Gasteiger partial charge is 0.490 e. The molecule has 0 unspecified atom stereocenters. The first-order chi connectivity index (χ1) is 13.5. The van der Waals surface area contributed by atoms with Crippen molar-refractivity contribution in [3.05, 3.63) is 23.8 Å². The molecule has 3 rings (SSSR count). The molecular weight excluding hydrogens is 358 g/mol. The van der Waals surface area contributed by atoms with Gasteiger partial charge < -0.3 is 14.8 Å². The lowest BCUT2D eigenvalue weighted by Crippen LogP contribution is -2.44. The number of urea groups is 1. The molecule has 7 heteroatoms. The van der Waals surface area contributed by atoms with Gasteiger partial charge in [-0.1, -0.05) is 19.9 Å². The quantitative estimate of drug-likeness (QED) is 0.782. The van der Waals surface area contributed by atoms with Crippen molar-refractivity contribution in [1.29, 1.82) is 0 Å². The average Bonchev–Trinajstić information content (AvgIpc) is 2.96. The van der Waals surface area contributed by atoms with Crippen LogP contribution in [0.1, 0.15) is 51.1 Å². The van der Waals surface area contributed by atoms with Crippen LogP contribution in [0.15, 0.2) is 18.2 Å². The summed E-state index contributed by atoms with van der Waals surface area (Å²) in [6.07, 6.45) is 3.76. The van der Waals surface area contributed by atoms with Gasteiger partial charge in [-0.15, -0.1) is 0 Å². The van der Waals surface area contributed by atoms with Crippen molar-refractivity contribution in [2.24, 2.45) is 5.92 Å². The van der Waals surface area contributed by atoms with Gasteiger partial charge in [-0.3, -0.25) is 15.0 Å². The lowest BCUT2D eigenvalue weighted by molar-refractivity contribution is -0.121. The maximum Gasteiger partial charge on any atom is 0.321 e. The Bertz CT molecular complexity index is 692. The van der Waals surface area contributed by atoms with E-state index in [0.717, 1.165) is 49.3 Å². The molecule has 1 fully saturated rings. The van der Waals surface area contributed by atoms with Gasteiger partial charge in [0.25, 0.3) is 0 Å². The van der Waals surface area contributed by atoms with Crippen molar-refractivity contribution in [2.45, 2.75) is 45.6 Å². The molecule has 3 amide bonds. The van der Waals surface area contributed by atoms with Gasteiger partial charge in [-0.25, -0.2) is 4.79 Å². The molecule has 1 atom stereocenters. The van der Waals surface area contributed by atoms with Gasteiger partial charge in [-0.05, 0) is 49.4 Å². The van der Waals surface area contributed by atoms with Crippen LogP contribution >= 0.6 is 0 Å². The van der Waals surface area contributed by atoms with Gasteiger partial charge in [0.1, 0.15) is 0 Å². The van der Waals surface area contributed by atoms with E-state index >= 15 is 0 Å². The highest BCUT2D eigenvalue weighted by atomic mass is 16.5. The third kappa shape index (κ3) is 5.61. The minimum Gasteiger partial charge on any atom is -0.490 e. The molecule has 1 aromatic rings. The van der Waals surface area contributed by atoms with Gasteiger partial charge >= 0.3 is 6.03 Å². The number of rotatable bonds is 6. The molecule has 7 nitrogen and oxygen atoms in total. The summed E-state index contributed by atoms with van der Waals surface area (Å²) in [5.74, 6) is 1.79. The number of fused-ring (bicyclic) bond motifs is 1. The fourth-order valence-corrected chi connectivity index (χ4v) is 3.65. The number of ether oxygens (including phenoxy) is 2. The van der Waals surface area contributed by atoms with Crippen LogP contribution in [0.3, 0.4) is 0 Å². The summed E-state index contributed by atoms with van der Waals surface area (Å²) in [4.78, 5) is 26.3. The Balaban J connectivity index is 1.55. The molecule has 0 aliphatic carbocycles. The number of carbonyl (C=O) groups excluding carboxylic acids is 2. The Morgan fingerprint density at radius 1 is 1.18 bits per heavy atom. The molecule has 0 radical (unpaired) electrons. The van der Waals surface area contributed by atoms with Crippen LogP contribution < -0.4 is 20.1 Å². The molecule has 1 aromatic carbocycles. The number of benzene rings is 1. The summed E-state index contributed by atoms with van der Waals surface area (Å²) >= 11 is 0. The summed E-state index contributed by atoms with van der Waals surface area (Å²) in [6, 6.07) is 5.76. The SMILES string of the molecule is CC(C)CCNC(=O)NC(=O)CN1CCC[C@H]1c1ccc2c(c1)OCCCO2. The molecule has 2 aliphatic heterocycles. The second kappa shape index (κ2) is 9.78. The molecule has 2 N–H and O–H groups in total. The zero-order valence-electron chi connectivity index (χ0n) is 16.8. The highest BCUT2D eigenvalue weighted by Crippen LogP contribution is 2.37. The zero-order valence-corrected chi connectivity index (χ0v) is 16.8. The first kappa shape index (κ1) is 20.5. The smallest absolute Gasteiger partial charge is 0.321 e. The topological polar surface area (TPSA) is 79.9 Å². The van der Waals surface area contributed by atoms with E-state index in [0.29, 0.717) is 25.7 Å². The summed E-state index contributed by atoms with van der Waals surface area (Å²) < 4.78 is 11.5. The van der Waals surface area contributed by atoms with Gasteiger partial charge in [0, 0.05) is 19.0 Å². The third-order valence-electron chi connectivity index (χ3n) is 5.13. The molecule has 0 saturated carbocycles. The van der Waals surface area contributed by atoms with E-state index in [1.54, 1.807) is 0 Å². The predicted octanol–water partition coefficient (Wildman–Crippen LogP) is 2.86. The number of nitrogens with one attached hydrogen (secondary N) is 2. The molecular formula is C21H31N3O4. The molecule has 0 aromatic heterocycles. The van der Waals surface area contributed by atoms with Crippen LogP contribution in [0, 0.1) is 5.92 Å². The fraction of sp³-hybridized carbons (Fsp3) is 0.619. The van der Waals surface area contributed by atoms with E-state index < -0.39 is 6.03 Å². The second-order valence-electron chi connectivity index (χ2n) is 7.87. The number of amides is 3. The summed E-state index contributed by atoms with van der Waals surface area (Å²) in [6.45, 7) is 7.12. The number of likely N-dealkylation sites (tertiary alicyclic amines) is 1. The molecule has 28 heavy (non-hydrogen) atoms. The minimum atomic E-state index is -0.419. The van der Waals surface area contributed by atoms with Crippen molar-refractivity contribution < 1.29 is 19.1 Å². The van der Waals surface area contributed by atoms with Crippen molar-refractivity contribution in [3.63, 3.8) is 0 Å². The normalized spacial score (nSPS) is 19.3. The van der Waals surface area contributed by atoms with E-state index in [4.69, 9.17) is 9.47 Å². The Labute approximate surface area is 166 Å². The summed E-state index contributed by atoms with van der Waals surface area (Å²) in [7, 11) is 0. The third-order valence-corrected chi connectivity index (χ3v) is 5.13. The zero-order chi connectivity index (χ0) is 19.9. The van der Waals surface area contributed by atoms with Crippen LogP contribution in [0.5, 0.6) is 11.5 Å². The van der Waals surface area contributed by atoms with Gasteiger partial charge in [0.05, 0.1) is 19.8 Å². The molecule has 154 valence electrons. The Morgan fingerprint density at radius 3 is 2.75 bits per heavy atom. The second-order valence-corrected chi connectivity index (χ2v) is 7.87. The van der Waals surface area contributed by atoms with E-state index in [1.807, 2.05) is 18.2 Å². The van der Waals surface area contributed by atoms with E-state index in [1.165, 1.54) is 0 Å². The number of hydrogen-bond acceptors (Lipinski definition) is 5. The van der Waals surface area contributed by atoms with Crippen LogP contribution in [0.4, 0.5) is 4.79 Å². The molecule has 0 bridgehead atoms. The van der Waals surface area contributed by atoms with Crippen molar-refractivity contribution >= 4 is 11.9 Å². The summed E-state index contributed by atoms with van der Waals surface area (Å²) in [5, 5.41) is 5.17. The first-order valence-corrected chi connectivity index (χ1v) is 10.2. The average molecular weight is 389 g/mol. The molecule has 1 saturated heterocycles. The molecule has 0 spiro atoms. The van der Waals surface area contributed by atoms with E-state index in [-0.39, 0.29) is 18.5 Å². The first-order valence-electron chi connectivity index (χ1n) is 10.2. The van der Waals surface area contributed by atoms with Crippen LogP contribution in [-0.2, 0) is 4.79 Å². The monoisotopic (exact) mass is 389 g/mol. The highest BCUT2D eigenvalue weighted by Gasteiger charge is 2.29. The lowest BCUT2D eigenvalue weighted by atomic mass is 10.0. The van der Waals surface area contributed by atoms with Crippen molar-refractivity contribution in [3.8, 4) is 11.5 Å². The molecule has 2 aliphatic rings. The van der Waals surface area contributed by atoms with Crippen LogP contribution in [-0.4, -0.2) is 49.7 Å². The van der Waals surface area contributed by atoms with Crippen LogP contribution in [0.2, 0.25) is 0 Å². The summed E-state index contributed by atoms with van der Waals surface area (Å²) in [5.41, 5.74) is 1.12. The lowest BCUT2D eigenvalue weighted by Gasteiger charge is -2.24. The van der Waals surface area contributed by atoms with Gasteiger partial charge in [0.2, 0.25) is 5.91 Å². The number of nitrogens with zero attached hydrogens (tertiary/aromatic N) is 1. The minimum absolute atomic E-state index is 0.145. The van der Waals surface area contributed by atoms with Gasteiger partial charge in [0.15, 0.2) is 11.5 Å². The Kier molecular flexibility index (Phi) is 7.14. The van der Waals surface area contributed by atoms with Crippen molar-refractivity contribution in [2.75, 3.05) is 32.8 Å². The van der Waals surface area contributed by atoms with Gasteiger partial charge in [-0.2, -0.15) is 0 Å². The fourth-order valence-electron chi connectivity index (χ4n) is 3.65.